The van der Waals surface area contributed by atoms with E-state index in [2.05, 4.69) is 49.3 Å². The van der Waals surface area contributed by atoms with E-state index in [4.69, 9.17) is 5.73 Å². The Morgan fingerprint density at radius 1 is 1.21 bits per heavy atom. The Morgan fingerprint density at radius 2 is 1.79 bits per heavy atom. The Bertz CT molecular complexity index is 390. The molecule has 0 aliphatic carbocycles. The molecule has 1 aromatic carbocycles. The third-order valence-corrected chi connectivity index (χ3v) is 5.06. The lowest BCUT2D eigenvalue weighted by Gasteiger charge is -2.41. The molecular weight excluding hydrogens is 252 g/mol. The topological polar surface area (TPSA) is 29.3 Å². The van der Waals surface area contributed by atoms with Crippen LogP contribution in [0, 0.1) is 5.41 Å². The van der Waals surface area contributed by atoms with Gasteiger partial charge < -0.3 is 5.73 Å². The lowest BCUT2D eigenvalue weighted by molar-refractivity contribution is 0.0964. The van der Waals surface area contributed by atoms with E-state index in [1.807, 2.05) is 0 Å². The van der Waals surface area contributed by atoms with Crippen LogP contribution < -0.4 is 5.73 Å². The number of nitrogens with zero attached hydrogens (tertiary/aromatic N) is 1. The maximum absolute atomic E-state index is 6.03. The highest BCUT2D eigenvalue weighted by molar-refractivity contribution is 7.98. The predicted molar refractivity (Wildman–Crippen MR) is 84.6 cm³/mol. The summed E-state index contributed by atoms with van der Waals surface area (Å²) < 4.78 is 0. The Labute approximate surface area is 121 Å². The Balaban J connectivity index is 2.07. The minimum Gasteiger partial charge on any atom is -0.329 e. The summed E-state index contributed by atoms with van der Waals surface area (Å²) in [6.07, 6.45) is 4.65. The molecule has 2 rings (SSSR count). The van der Waals surface area contributed by atoms with Gasteiger partial charge in [0.25, 0.3) is 0 Å². The first-order valence-electron chi connectivity index (χ1n) is 7.14. The molecule has 0 aromatic heterocycles. The van der Waals surface area contributed by atoms with Crippen LogP contribution in [0.25, 0.3) is 0 Å². The maximum atomic E-state index is 6.03. The predicted octanol–water partition coefficient (Wildman–Crippen LogP) is 3.53. The standard InChI is InChI=1S/C16H26N2S/c1-16(2)8-10-18(11-9-16)15(12-17)13-4-6-14(19-3)7-5-13/h4-7,15H,8-12,17H2,1-3H3. The zero-order valence-corrected chi connectivity index (χ0v) is 13.2. The van der Waals surface area contributed by atoms with Crippen LogP contribution in [0.3, 0.4) is 0 Å². The molecule has 1 saturated heterocycles. The molecule has 0 radical (unpaired) electrons. The number of piperidine rings is 1. The van der Waals surface area contributed by atoms with Gasteiger partial charge in [-0.25, -0.2) is 0 Å². The van der Waals surface area contributed by atoms with Crippen LogP contribution in [0.5, 0.6) is 0 Å². The van der Waals surface area contributed by atoms with Crippen molar-refractivity contribution in [3.63, 3.8) is 0 Å². The average Bonchev–Trinajstić information content (AvgIpc) is 2.42. The van der Waals surface area contributed by atoms with E-state index in [1.54, 1.807) is 11.8 Å². The van der Waals surface area contributed by atoms with Crippen molar-refractivity contribution in [3.05, 3.63) is 29.8 Å². The van der Waals surface area contributed by atoms with E-state index in [9.17, 15) is 0 Å². The first kappa shape index (κ1) is 14.9. The average molecular weight is 278 g/mol. The van der Waals surface area contributed by atoms with Gasteiger partial charge in [0.2, 0.25) is 0 Å². The van der Waals surface area contributed by atoms with Gasteiger partial charge in [0.05, 0.1) is 0 Å². The zero-order chi connectivity index (χ0) is 13.9. The molecule has 1 heterocycles. The number of nitrogens with two attached hydrogens (primary N) is 1. The van der Waals surface area contributed by atoms with E-state index in [0.29, 0.717) is 18.0 Å². The Morgan fingerprint density at radius 3 is 2.26 bits per heavy atom. The lowest BCUT2D eigenvalue weighted by Crippen LogP contribution is -2.42. The molecule has 1 aromatic rings. The molecule has 0 spiro atoms. The molecule has 0 bridgehead atoms. The van der Waals surface area contributed by atoms with Crippen molar-refractivity contribution >= 4 is 11.8 Å². The first-order chi connectivity index (χ1) is 9.05. The van der Waals surface area contributed by atoms with Crippen molar-refractivity contribution in [2.75, 3.05) is 25.9 Å². The fraction of sp³-hybridized carbons (Fsp3) is 0.625. The van der Waals surface area contributed by atoms with E-state index >= 15 is 0 Å². The monoisotopic (exact) mass is 278 g/mol. The van der Waals surface area contributed by atoms with E-state index < -0.39 is 0 Å². The van der Waals surface area contributed by atoms with Gasteiger partial charge in [-0.2, -0.15) is 0 Å². The molecule has 19 heavy (non-hydrogen) atoms. The molecule has 3 heteroatoms. The summed E-state index contributed by atoms with van der Waals surface area (Å²) in [5.41, 5.74) is 7.89. The van der Waals surface area contributed by atoms with Gasteiger partial charge in [-0.05, 0) is 55.3 Å². The maximum Gasteiger partial charge on any atom is 0.0470 e. The number of likely N-dealkylation sites (tertiary alicyclic amines) is 1. The van der Waals surface area contributed by atoms with Crippen LogP contribution in [0.15, 0.2) is 29.2 Å². The fourth-order valence-corrected chi connectivity index (χ4v) is 3.17. The summed E-state index contributed by atoms with van der Waals surface area (Å²) >= 11 is 1.79. The van der Waals surface area contributed by atoms with Crippen molar-refractivity contribution in [2.24, 2.45) is 11.1 Å². The third-order valence-electron chi connectivity index (χ3n) is 4.32. The molecule has 0 amide bonds. The van der Waals surface area contributed by atoms with E-state index in [-0.39, 0.29) is 0 Å². The number of thioether (sulfide) groups is 1. The molecule has 1 unspecified atom stereocenters. The normalized spacial score (nSPS) is 21.3. The lowest BCUT2D eigenvalue weighted by atomic mass is 9.82. The van der Waals surface area contributed by atoms with Gasteiger partial charge in [-0.3, -0.25) is 4.90 Å². The largest absolute Gasteiger partial charge is 0.329 e. The van der Waals surface area contributed by atoms with E-state index in [1.165, 1.54) is 36.4 Å². The summed E-state index contributed by atoms with van der Waals surface area (Å²) in [6, 6.07) is 9.27. The quantitative estimate of drug-likeness (QED) is 0.854. The molecule has 1 aliphatic rings. The minimum absolute atomic E-state index is 0.381. The van der Waals surface area contributed by atoms with Crippen molar-refractivity contribution in [1.29, 1.82) is 0 Å². The highest BCUT2D eigenvalue weighted by Crippen LogP contribution is 2.33. The third kappa shape index (κ3) is 3.74. The molecule has 1 aliphatic heterocycles. The summed E-state index contributed by atoms with van der Waals surface area (Å²) in [5, 5.41) is 0. The second-order valence-electron chi connectivity index (χ2n) is 6.22. The highest BCUT2D eigenvalue weighted by atomic mass is 32.2. The number of hydrogen-bond acceptors (Lipinski definition) is 3. The molecule has 106 valence electrons. The molecule has 0 saturated carbocycles. The van der Waals surface area contributed by atoms with Crippen LogP contribution in [0.1, 0.15) is 38.3 Å². The molecule has 2 N–H and O–H groups in total. The van der Waals surface area contributed by atoms with Gasteiger partial charge in [0.15, 0.2) is 0 Å². The highest BCUT2D eigenvalue weighted by Gasteiger charge is 2.29. The van der Waals surface area contributed by atoms with Gasteiger partial charge in [0, 0.05) is 17.5 Å². The summed E-state index contributed by atoms with van der Waals surface area (Å²) in [6.45, 7) is 7.78. The van der Waals surface area contributed by atoms with Crippen LogP contribution >= 0.6 is 11.8 Å². The molecule has 1 atom stereocenters. The fourth-order valence-electron chi connectivity index (χ4n) is 2.76. The number of hydrogen-bond donors (Lipinski definition) is 1. The zero-order valence-electron chi connectivity index (χ0n) is 12.4. The minimum atomic E-state index is 0.381. The summed E-state index contributed by atoms with van der Waals surface area (Å²) in [7, 11) is 0. The summed E-state index contributed by atoms with van der Waals surface area (Å²) in [5.74, 6) is 0. The van der Waals surface area contributed by atoms with E-state index in [0.717, 1.165) is 0 Å². The Kier molecular flexibility index (Phi) is 4.93. The van der Waals surface area contributed by atoms with Crippen molar-refractivity contribution in [2.45, 2.75) is 37.6 Å². The smallest absolute Gasteiger partial charge is 0.0470 e. The SMILES string of the molecule is CSc1ccc(C(CN)N2CCC(C)(C)CC2)cc1. The first-order valence-corrected chi connectivity index (χ1v) is 8.36. The van der Waals surface area contributed by atoms with Gasteiger partial charge in [-0.15, -0.1) is 11.8 Å². The number of rotatable bonds is 4. The van der Waals surface area contributed by atoms with Gasteiger partial charge in [-0.1, -0.05) is 26.0 Å². The Hall–Kier alpha value is -0.510. The van der Waals surface area contributed by atoms with Gasteiger partial charge >= 0.3 is 0 Å². The van der Waals surface area contributed by atoms with Crippen LogP contribution in [0.2, 0.25) is 0 Å². The molecular formula is C16H26N2S. The second kappa shape index (κ2) is 6.29. The molecule has 1 fully saturated rings. The number of benzene rings is 1. The van der Waals surface area contributed by atoms with Gasteiger partial charge in [0.1, 0.15) is 0 Å². The van der Waals surface area contributed by atoms with Crippen molar-refractivity contribution in [3.8, 4) is 0 Å². The van der Waals surface area contributed by atoms with Crippen LogP contribution in [-0.2, 0) is 0 Å². The van der Waals surface area contributed by atoms with Crippen molar-refractivity contribution in [1.82, 2.24) is 4.90 Å². The summed E-state index contributed by atoms with van der Waals surface area (Å²) in [4.78, 5) is 3.87. The molecule has 2 nitrogen and oxygen atoms in total. The van der Waals surface area contributed by atoms with Crippen molar-refractivity contribution < 1.29 is 0 Å². The second-order valence-corrected chi connectivity index (χ2v) is 7.10. The van der Waals surface area contributed by atoms with Crippen LogP contribution in [0.4, 0.5) is 0 Å². The van der Waals surface area contributed by atoms with Crippen LogP contribution in [-0.4, -0.2) is 30.8 Å².